The molecular weight excluding hydrogens is 254 g/mol. The van der Waals surface area contributed by atoms with Gasteiger partial charge in [0.15, 0.2) is 0 Å². The van der Waals surface area contributed by atoms with Crippen molar-refractivity contribution in [2.45, 2.75) is 56.9 Å². The van der Waals surface area contributed by atoms with Crippen molar-refractivity contribution in [3.8, 4) is 5.75 Å². The molecule has 0 saturated heterocycles. The van der Waals surface area contributed by atoms with Crippen LogP contribution in [-0.2, 0) is 6.54 Å². The molecular formula is C16H27NOS. The van der Waals surface area contributed by atoms with Crippen molar-refractivity contribution in [2.24, 2.45) is 5.73 Å². The van der Waals surface area contributed by atoms with Crippen molar-refractivity contribution in [1.29, 1.82) is 0 Å². The van der Waals surface area contributed by atoms with Gasteiger partial charge in [0.1, 0.15) is 5.75 Å². The average molecular weight is 281 g/mol. The third-order valence-electron chi connectivity index (χ3n) is 3.27. The lowest BCUT2D eigenvalue weighted by Gasteiger charge is -2.13. The minimum atomic E-state index is 0.544. The summed E-state index contributed by atoms with van der Waals surface area (Å²) in [5.41, 5.74) is 6.96. The Morgan fingerprint density at radius 3 is 2.53 bits per heavy atom. The first-order valence-electron chi connectivity index (χ1n) is 7.32. The predicted octanol–water partition coefficient (Wildman–Crippen LogP) is 4.61. The van der Waals surface area contributed by atoms with Crippen molar-refractivity contribution in [1.82, 2.24) is 0 Å². The van der Waals surface area contributed by atoms with Crippen LogP contribution in [0.25, 0.3) is 0 Å². The Kier molecular flexibility index (Phi) is 8.76. The van der Waals surface area contributed by atoms with Gasteiger partial charge < -0.3 is 10.5 Å². The lowest BCUT2D eigenvalue weighted by atomic mass is 10.1. The molecule has 19 heavy (non-hydrogen) atoms. The molecule has 1 rings (SSSR count). The third-order valence-corrected chi connectivity index (χ3v) is 4.09. The molecule has 1 aromatic carbocycles. The van der Waals surface area contributed by atoms with E-state index in [9.17, 15) is 0 Å². The molecule has 0 aromatic heterocycles. The van der Waals surface area contributed by atoms with Gasteiger partial charge in [-0.15, -0.1) is 11.8 Å². The summed E-state index contributed by atoms with van der Waals surface area (Å²) in [6.45, 7) is 3.59. The maximum atomic E-state index is 5.88. The van der Waals surface area contributed by atoms with E-state index in [1.807, 2.05) is 12.1 Å². The zero-order valence-electron chi connectivity index (χ0n) is 12.3. The van der Waals surface area contributed by atoms with Crippen molar-refractivity contribution >= 4 is 11.8 Å². The van der Waals surface area contributed by atoms with Crippen molar-refractivity contribution < 1.29 is 4.74 Å². The van der Waals surface area contributed by atoms with Crippen molar-refractivity contribution in [3.05, 3.63) is 23.8 Å². The zero-order chi connectivity index (χ0) is 13.9. The zero-order valence-corrected chi connectivity index (χ0v) is 13.1. The number of benzene rings is 1. The monoisotopic (exact) mass is 281 g/mol. The highest BCUT2D eigenvalue weighted by molar-refractivity contribution is 7.98. The van der Waals surface area contributed by atoms with Crippen LogP contribution in [-0.4, -0.2) is 12.9 Å². The molecule has 0 aliphatic rings. The average Bonchev–Trinajstić information content (AvgIpc) is 2.45. The molecule has 2 N–H and O–H groups in total. The first-order valence-corrected chi connectivity index (χ1v) is 8.54. The van der Waals surface area contributed by atoms with Gasteiger partial charge in [0, 0.05) is 17.0 Å². The van der Waals surface area contributed by atoms with Crippen LogP contribution in [0.1, 0.15) is 51.0 Å². The first-order chi connectivity index (χ1) is 9.33. The second-order valence-electron chi connectivity index (χ2n) is 4.76. The van der Waals surface area contributed by atoms with E-state index >= 15 is 0 Å². The molecule has 0 radical (unpaired) electrons. The van der Waals surface area contributed by atoms with Crippen LogP contribution >= 0.6 is 11.8 Å². The van der Waals surface area contributed by atoms with Crippen LogP contribution in [0.15, 0.2) is 23.1 Å². The fraction of sp³-hybridized carbons (Fsp3) is 0.625. The Morgan fingerprint density at radius 2 is 1.84 bits per heavy atom. The van der Waals surface area contributed by atoms with E-state index in [4.69, 9.17) is 10.5 Å². The summed E-state index contributed by atoms with van der Waals surface area (Å²) >= 11 is 1.73. The molecule has 2 nitrogen and oxygen atoms in total. The second kappa shape index (κ2) is 10.2. The minimum absolute atomic E-state index is 0.544. The van der Waals surface area contributed by atoms with Gasteiger partial charge in [0.05, 0.1) is 6.61 Å². The van der Waals surface area contributed by atoms with Crippen LogP contribution in [0.2, 0.25) is 0 Å². The van der Waals surface area contributed by atoms with Crippen LogP contribution < -0.4 is 10.5 Å². The lowest BCUT2D eigenvalue weighted by Crippen LogP contribution is -2.05. The number of rotatable bonds is 10. The van der Waals surface area contributed by atoms with Crippen molar-refractivity contribution in [2.75, 3.05) is 12.9 Å². The van der Waals surface area contributed by atoms with E-state index in [-0.39, 0.29) is 0 Å². The molecule has 3 heteroatoms. The molecule has 0 heterocycles. The predicted molar refractivity (Wildman–Crippen MR) is 85.0 cm³/mol. The van der Waals surface area contributed by atoms with Gasteiger partial charge in [-0.1, -0.05) is 45.1 Å². The standard InChI is InChI=1S/C16H27NOS/c1-3-4-5-6-7-8-12-18-15-10-9-11-16(19-2)14(15)13-17/h9-11H,3-8,12-13,17H2,1-2H3. The van der Waals surface area contributed by atoms with Gasteiger partial charge in [0.2, 0.25) is 0 Å². The minimum Gasteiger partial charge on any atom is -0.493 e. The largest absolute Gasteiger partial charge is 0.493 e. The van der Waals surface area contributed by atoms with Gasteiger partial charge in [-0.2, -0.15) is 0 Å². The summed E-state index contributed by atoms with van der Waals surface area (Å²) < 4.78 is 5.88. The van der Waals surface area contributed by atoms with Crippen LogP contribution in [0.3, 0.4) is 0 Å². The Labute approximate surface area is 122 Å². The fourth-order valence-electron chi connectivity index (χ4n) is 2.14. The molecule has 0 aliphatic carbocycles. The smallest absolute Gasteiger partial charge is 0.124 e. The molecule has 1 aromatic rings. The second-order valence-corrected chi connectivity index (χ2v) is 5.61. The lowest BCUT2D eigenvalue weighted by molar-refractivity contribution is 0.300. The summed E-state index contributed by atoms with van der Waals surface area (Å²) in [4.78, 5) is 1.22. The Bertz CT molecular complexity index is 355. The number of nitrogens with two attached hydrogens (primary N) is 1. The first kappa shape index (κ1) is 16.4. The summed E-state index contributed by atoms with van der Waals surface area (Å²) in [5, 5.41) is 0. The van der Waals surface area contributed by atoms with Gasteiger partial charge in [-0.05, 0) is 24.8 Å². The number of hydrogen-bond acceptors (Lipinski definition) is 3. The Morgan fingerprint density at radius 1 is 1.11 bits per heavy atom. The summed E-state index contributed by atoms with van der Waals surface area (Å²) in [5.74, 6) is 0.961. The number of thioether (sulfide) groups is 1. The number of ether oxygens (including phenoxy) is 1. The normalized spacial score (nSPS) is 10.7. The van der Waals surface area contributed by atoms with E-state index in [0.29, 0.717) is 6.54 Å². The summed E-state index contributed by atoms with van der Waals surface area (Å²) in [7, 11) is 0. The number of unbranched alkanes of at least 4 members (excludes halogenated alkanes) is 5. The molecule has 0 atom stereocenters. The molecule has 0 aliphatic heterocycles. The maximum Gasteiger partial charge on any atom is 0.124 e. The molecule has 0 saturated carbocycles. The quantitative estimate of drug-likeness (QED) is 0.502. The third kappa shape index (κ3) is 5.87. The van der Waals surface area contributed by atoms with Gasteiger partial charge >= 0.3 is 0 Å². The van der Waals surface area contributed by atoms with E-state index in [1.165, 1.54) is 37.0 Å². The Hall–Kier alpha value is -0.670. The van der Waals surface area contributed by atoms with E-state index in [0.717, 1.165) is 24.3 Å². The van der Waals surface area contributed by atoms with Crippen LogP contribution in [0.4, 0.5) is 0 Å². The van der Waals surface area contributed by atoms with Crippen molar-refractivity contribution in [3.63, 3.8) is 0 Å². The maximum absolute atomic E-state index is 5.88. The van der Waals surface area contributed by atoms with Gasteiger partial charge in [-0.25, -0.2) is 0 Å². The molecule has 108 valence electrons. The van der Waals surface area contributed by atoms with Crippen LogP contribution in [0.5, 0.6) is 5.75 Å². The summed E-state index contributed by atoms with van der Waals surface area (Å²) in [6, 6.07) is 6.17. The fourth-order valence-corrected chi connectivity index (χ4v) is 2.78. The molecule has 0 spiro atoms. The van der Waals surface area contributed by atoms with Gasteiger partial charge in [0.25, 0.3) is 0 Å². The van der Waals surface area contributed by atoms with E-state index in [1.54, 1.807) is 11.8 Å². The highest BCUT2D eigenvalue weighted by atomic mass is 32.2. The SMILES string of the molecule is CCCCCCCCOc1cccc(SC)c1CN. The summed E-state index contributed by atoms with van der Waals surface area (Å²) in [6.07, 6.45) is 9.81. The topological polar surface area (TPSA) is 35.2 Å². The van der Waals surface area contributed by atoms with E-state index in [2.05, 4.69) is 19.2 Å². The number of hydrogen-bond donors (Lipinski definition) is 1. The molecule has 0 amide bonds. The Balaban J connectivity index is 2.33. The molecule has 0 fully saturated rings. The molecule has 0 unspecified atom stereocenters. The van der Waals surface area contributed by atoms with E-state index < -0.39 is 0 Å². The molecule has 0 bridgehead atoms. The van der Waals surface area contributed by atoms with Gasteiger partial charge in [-0.3, -0.25) is 0 Å². The highest BCUT2D eigenvalue weighted by Crippen LogP contribution is 2.28. The highest BCUT2D eigenvalue weighted by Gasteiger charge is 2.06. The van der Waals surface area contributed by atoms with Crippen LogP contribution in [0, 0.1) is 0 Å².